The fraction of sp³-hybridized carbons (Fsp3) is 0.682. The second kappa shape index (κ2) is 10.4. The highest BCUT2D eigenvalue weighted by Crippen LogP contribution is 2.36. The van der Waals surface area contributed by atoms with Crippen molar-refractivity contribution in [2.75, 3.05) is 32.8 Å². The second-order valence-electron chi connectivity index (χ2n) is 8.27. The maximum absolute atomic E-state index is 12.6. The van der Waals surface area contributed by atoms with Gasteiger partial charge in [-0.2, -0.15) is 0 Å². The van der Waals surface area contributed by atoms with Gasteiger partial charge in [0.25, 0.3) is 0 Å². The van der Waals surface area contributed by atoms with Crippen molar-refractivity contribution in [3.05, 3.63) is 35.4 Å². The Morgan fingerprint density at radius 2 is 2.07 bits per heavy atom. The van der Waals surface area contributed by atoms with Crippen molar-refractivity contribution in [2.45, 2.75) is 51.4 Å². The summed E-state index contributed by atoms with van der Waals surface area (Å²) in [6, 6.07) is 8.60. The average molecular weight is 395 g/mol. The maximum atomic E-state index is 12.6. The van der Waals surface area contributed by atoms with Crippen LogP contribution in [-0.2, 0) is 14.9 Å². The van der Waals surface area contributed by atoms with Crippen LogP contribution in [0.15, 0.2) is 24.3 Å². The molecule has 4 nitrogen and oxygen atoms in total. The van der Waals surface area contributed by atoms with Crippen molar-refractivity contribution in [3.63, 3.8) is 0 Å². The fourth-order valence-electron chi connectivity index (χ4n) is 4.63. The zero-order valence-corrected chi connectivity index (χ0v) is 17.6. The van der Waals surface area contributed by atoms with E-state index < -0.39 is 0 Å². The van der Waals surface area contributed by atoms with Gasteiger partial charge in [-0.1, -0.05) is 31.2 Å². The first-order chi connectivity index (χ1) is 12.6. The molecule has 2 heterocycles. The summed E-state index contributed by atoms with van der Waals surface area (Å²) in [4.78, 5) is 12.6. The number of aryl methyl sites for hydroxylation is 1. The Morgan fingerprint density at radius 1 is 1.33 bits per heavy atom. The molecule has 2 atom stereocenters. The number of amides is 1. The van der Waals surface area contributed by atoms with Gasteiger partial charge in [-0.3, -0.25) is 4.79 Å². The van der Waals surface area contributed by atoms with Crippen LogP contribution < -0.4 is 10.6 Å². The van der Waals surface area contributed by atoms with Gasteiger partial charge in [0.1, 0.15) is 0 Å². The number of nitrogens with one attached hydrogen (secondary N) is 2. The van der Waals surface area contributed by atoms with Crippen LogP contribution in [0.25, 0.3) is 0 Å². The first-order valence-corrected chi connectivity index (χ1v) is 10.2. The van der Waals surface area contributed by atoms with Crippen molar-refractivity contribution in [3.8, 4) is 0 Å². The lowest BCUT2D eigenvalue weighted by Crippen LogP contribution is -2.45. The molecule has 2 unspecified atom stereocenters. The minimum absolute atomic E-state index is 0. The predicted octanol–water partition coefficient (Wildman–Crippen LogP) is 3.61. The normalized spacial score (nSPS) is 23.1. The Kier molecular flexibility index (Phi) is 8.59. The molecule has 2 aliphatic rings. The Hall–Kier alpha value is -1.10. The van der Waals surface area contributed by atoms with E-state index >= 15 is 0 Å². The molecule has 27 heavy (non-hydrogen) atoms. The fourth-order valence-corrected chi connectivity index (χ4v) is 4.63. The zero-order chi connectivity index (χ0) is 18.4. The SMILES string of the molecule is Cc1ccccc1C1(CNC(=O)CC(C)C2CCCNC2)CCOCC1.Cl. The largest absolute Gasteiger partial charge is 0.381 e. The van der Waals surface area contributed by atoms with Crippen LogP contribution in [-0.4, -0.2) is 38.8 Å². The summed E-state index contributed by atoms with van der Waals surface area (Å²) >= 11 is 0. The van der Waals surface area contributed by atoms with Gasteiger partial charge in [0.2, 0.25) is 5.91 Å². The minimum atomic E-state index is 0. The molecule has 2 saturated heterocycles. The molecule has 0 radical (unpaired) electrons. The van der Waals surface area contributed by atoms with Gasteiger partial charge in [0.05, 0.1) is 0 Å². The highest BCUT2D eigenvalue weighted by Gasteiger charge is 2.36. The highest BCUT2D eigenvalue weighted by atomic mass is 35.5. The van der Waals surface area contributed by atoms with E-state index in [1.54, 1.807) is 0 Å². The molecule has 0 bridgehead atoms. The molecule has 3 rings (SSSR count). The first kappa shape index (κ1) is 22.2. The molecule has 5 heteroatoms. The van der Waals surface area contributed by atoms with Crippen molar-refractivity contribution in [2.24, 2.45) is 11.8 Å². The summed E-state index contributed by atoms with van der Waals surface area (Å²) in [7, 11) is 0. The van der Waals surface area contributed by atoms with Crippen LogP contribution in [0.4, 0.5) is 0 Å². The minimum Gasteiger partial charge on any atom is -0.381 e. The van der Waals surface area contributed by atoms with E-state index in [9.17, 15) is 4.79 Å². The smallest absolute Gasteiger partial charge is 0.220 e. The molecule has 2 aliphatic heterocycles. The lowest BCUT2D eigenvalue weighted by atomic mass is 9.72. The summed E-state index contributed by atoms with van der Waals surface area (Å²) in [6.07, 6.45) is 5.05. The Morgan fingerprint density at radius 3 is 2.74 bits per heavy atom. The van der Waals surface area contributed by atoms with Crippen molar-refractivity contribution in [1.82, 2.24) is 10.6 Å². The molecular weight excluding hydrogens is 360 g/mol. The standard InChI is InChI=1S/C22H34N2O2.ClH/c1-17-6-3-4-8-20(17)22(9-12-26-13-10-22)16-24-21(25)14-18(2)19-7-5-11-23-15-19;/h3-4,6,8,18-19,23H,5,7,9-16H2,1-2H3,(H,24,25);1H. The number of hydrogen-bond acceptors (Lipinski definition) is 3. The highest BCUT2D eigenvalue weighted by molar-refractivity contribution is 5.85. The third kappa shape index (κ3) is 5.69. The van der Waals surface area contributed by atoms with E-state index in [0.29, 0.717) is 18.3 Å². The lowest BCUT2D eigenvalue weighted by molar-refractivity contribution is -0.122. The van der Waals surface area contributed by atoms with Gasteiger partial charge in [0.15, 0.2) is 0 Å². The Bertz CT molecular complexity index is 596. The zero-order valence-electron chi connectivity index (χ0n) is 16.8. The molecule has 152 valence electrons. The number of carbonyl (C=O) groups excluding carboxylic acids is 1. The third-order valence-electron chi connectivity index (χ3n) is 6.44. The number of carbonyl (C=O) groups is 1. The first-order valence-electron chi connectivity index (χ1n) is 10.2. The van der Waals surface area contributed by atoms with Gasteiger partial charge in [-0.05, 0) is 68.7 Å². The summed E-state index contributed by atoms with van der Waals surface area (Å²) in [5, 5.41) is 6.73. The van der Waals surface area contributed by atoms with E-state index in [1.165, 1.54) is 24.0 Å². The van der Waals surface area contributed by atoms with Gasteiger partial charge >= 0.3 is 0 Å². The quantitative estimate of drug-likeness (QED) is 0.774. The summed E-state index contributed by atoms with van der Waals surface area (Å²) < 4.78 is 5.62. The van der Waals surface area contributed by atoms with E-state index in [1.807, 2.05) is 0 Å². The van der Waals surface area contributed by atoms with Crippen LogP contribution in [0.5, 0.6) is 0 Å². The van der Waals surface area contributed by atoms with Crippen LogP contribution >= 0.6 is 12.4 Å². The molecule has 0 saturated carbocycles. The van der Waals surface area contributed by atoms with E-state index in [0.717, 1.165) is 45.7 Å². The molecular formula is C22H35ClN2O2. The molecule has 1 aromatic carbocycles. The van der Waals surface area contributed by atoms with Crippen molar-refractivity contribution < 1.29 is 9.53 Å². The van der Waals surface area contributed by atoms with Crippen molar-refractivity contribution >= 4 is 18.3 Å². The van der Waals surface area contributed by atoms with Crippen LogP contribution in [0, 0.1) is 18.8 Å². The number of piperidine rings is 1. The number of ether oxygens (including phenoxy) is 1. The maximum Gasteiger partial charge on any atom is 0.220 e. The summed E-state index contributed by atoms with van der Waals surface area (Å²) in [5.41, 5.74) is 2.69. The summed E-state index contributed by atoms with van der Waals surface area (Å²) in [5.74, 6) is 1.26. The van der Waals surface area contributed by atoms with Gasteiger partial charge in [0, 0.05) is 31.6 Å². The second-order valence-corrected chi connectivity index (χ2v) is 8.27. The van der Waals surface area contributed by atoms with Gasteiger partial charge in [-0.15, -0.1) is 12.4 Å². The summed E-state index contributed by atoms with van der Waals surface area (Å²) in [6.45, 7) is 8.84. The lowest BCUT2D eigenvalue weighted by Gasteiger charge is -2.39. The van der Waals surface area contributed by atoms with Crippen LogP contribution in [0.1, 0.15) is 50.2 Å². The van der Waals surface area contributed by atoms with Gasteiger partial charge in [-0.25, -0.2) is 0 Å². The topological polar surface area (TPSA) is 50.4 Å². The Balaban J connectivity index is 0.00000261. The van der Waals surface area contributed by atoms with E-state index in [-0.39, 0.29) is 23.7 Å². The van der Waals surface area contributed by atoms with Crippen molar-refractivity contribution in [1.29, 1.82) is 0 Å². The molecule has 1 aromatic rings. The monoisotopic (exact) mass is 394 g/mol. The van der Waals surface area contributed by atoms with Gasteiger partial charge < -0.3 is 15.4 Å². The number of rotatable bonds is 6. The predicted molar refractivity (Wildman–Crippen MR) is 113 cm³/mol. The number of hydrogen-bond donors (Lipinski definition) is 2. The Labute approximate surface area is 170 Å². The van der Waals surface area contributed by atoms with Crippen LogP contribution in [0.2, 0.25) is 0 Å². The molecule has 0 aromatic heterocycles. The average Bonchev–Trinajstić information content (AvgIpc) is 2.68. The van der Waals surface area contributed by atoms with Crippen LogP contribution in [0.3, 0.4) is 0 Å². The molecule has 0 spiro atoms. The van der Waals surface area contributed by atoms with E-state index in [2.05, 4.69) is 48.7 Å². The molecule has 0 aliphatic carbocycles. The number of halogens is 1. The number of benzene rings is 1. The van der Waals surface area contributed by atoms with E-state index in [4.69, 9.17) is 4.74 Å². The molecule has 1 amide bonds. The third-order valence-corrected chi connectivity index (χ3v) is 6.44. The molecule has 2 fully saturated rings. The molecule has 2 N–H and O–H groups in total.